The third kappa shape index (κ3) is 5.33. The largest absolute Gasteiger partial charge is 0.324 e. The first-order chi connectivity index (χ1) is 12.8. The number of sulfonamides is 1. The Morgan fingerprint density at radius 3 is 2.22 bits per heavy atom. The Morgan fingerprint density at radius 2 is 1.67 bits per heavy atom. The van der Waals surface area contributed by atoms with E-state index in [0.717, 1.165) is 17.7 Å². The number of nitrogens with one attached hydrogen (secondary N) is 1. The minimum absolute atomic E-state index is 0.0814. The quantitative estimate of drug-likeness (QED) is 0.742. The summed E-state index contributed by atoms with van der Waals surface area (Å²) in [6, 6.07) is 9.26. The van der Waals surface area contributed by atoms with Crippen LogP contribution < -0.4 is 5.32 Å². The van der Waals surface area contributed by atoms with Gasteiger partial charge in [0.1, 0.15) is 11.6 Å². The number of nitrogens with zero attached hydrogens (tertiary/aromatic N) is 1. The molecule has 27 heavy (non-hydrogen) atoms. The van der Waals surface area contributed by atoms with Crippen molar-refractivity contribution in [3.05, 3.63) is 59.7 Å². The lowest BCUT2D eigenvalue weighted by molar-refractivity contribution is -0.116. The van der Waals surface area contributed by atoms with Crippen molar-refractivity contribution in [2.75, 3.05) is 18.4 Å². The fraction of sp³-hybridized carbons (Fsp3) is 0.316. The minimum atomic E-state index is -3.52. The van der Waals surface area contributed by atoms with Crippen LogP contribution in [0.3, 0.4) is 0 Å². The standard InChI is InChI=1S/C19H22F2N2O3S/c1-3-23(4-2)27(25,26)16-9-5-14(6-10-16)7-12-19(24)22-18-11-8-15(20)13-17(18)21/h5-6,8-11,13H,3-4,7,12H2,1-2H3,(H,22,24). The number of rotatable bonds is 8. The fourth-order valence-corrected chi connectivity index (χ4v) is 4.06. The normalized spacial score (nSPS) is 11.6. The van der Waals surface area contributed by atoms with E-state index in [2.05, 4.69) is 5.32 Å². The first kappa shape index (κ1) is 21.0. The molecule has 5 nitrogen and oxygen atoms in total. The summed E-state index contributed by atoms with van der Waals surface area (Å²) in [4.78, 5) is 12.1. The molecule has 0 saturated heterocycles. The molecule has 0 bridgehead atoms. The average molecular weight is 396 g/mol. The molecule has 0 aliphatic carbocycles. The summed E-state index contributed by atoms with van der Waals surface area (Å²) in [5, 5.41) is 2.39. The number of hydrogen-bond donors (Lipinski definition) is 1. The third-order valence-corrected chi connectivity index (χ3v) is 6.18. The van der Waals surface area contributed by atoms with Crippen LogP contribution in [0, 0.1) is 11.6 Å². The van der Waals surface area contributed by atoms with Crippen LogP contribution in [-0.4, -0.2) is 31.7 Å². The molecule has 0 aromatic heterocycles. The molecule has 0 saturated carbocycles. The fourth-order valence-electron chi connectivity index (χ4n) is 2.60. The van der Waals surface area contributed by atoms with Crippen molar-refractivity contribution in [1.29, 1.82) is 0 Å². The van der Waals surface area contributed by atoms with Crippen molar-refractivity contribution in [3.63, 3.8) is 0 Å². The number of carbonyl (C=O) groups is 1. The first-order valence-electron chi connectivity index (χ1n) is 8.62. The number of hydrogen-bond acceptors (Lipinski definition) is 3. The second kappa shape index (κ2) is 9.05. The summed E-state index contributed by atoms with van der Waals surface area (Å²) in [6.07, 6.45) is 0.444. The van der Waals surface area contributed by atoms with Crippen LogP contribution in [0.25, 0.3) is 0 Å². The van der Waals surface area contributed by atoms with Crippen LogP contribution in [0.4, 0.5) is 14.5 Å². The zero-order valence-electron chi connectivity index (χ0n) is 15.2. The van der Waals surface area contributed by atoms with Gasteiger partial charge >= 0.3 is 0 Å². The van der Waals surface area contributed by atoms with Gasteiger partial charge in [-0.25, -0.2) is 17.2 Å². The summed E-state index contributed by atoms with van der Waals surface area (Å²) in [5.41, 5.74) is 0.699. The molecule has 0 heterocycles. The van der Waals surface area contributed by atoms with E-state index < -0.39 is 27.6 Å². The number of anilines is 1. The van der Waals surface area contributed by atoms with E-state index in [1.807, 2.05) is 0 Å². The van der Waals surface area contributed by atoms with Gasteiger partial charge in [-0.2, -0.15) is 4.31 Å². The molecule has 2 rings (SSSR count). The van der Waals surface area contributed by atoms with Crippen LogP contribution in [0.2, 0.25) is 0 Å². The highest BCUT2D eigenvalue weighted by molar-refractivity contribution is 7.89. The van der Waals surface area contributed by atoms with E-state index in [9.17, 15) is 22.0 Å². The van der Waals surface area contributed by atoms with E-state index in [1.165, 1.54) is 16.4 Å². The monoisotopic (exact) mass is 396 g/mol. The topological polar surface area (TPSA) is 66.5 Å². The highest BCUT2D eigenvalue weighted by Gasteiger charge is 2.21. The maximum Gasteiger partial charge on any atom is 0.243 e. The minimum Gasteiger partial charge on any atom is -0.324 e. The lowest BCUT2D eigenvalue weighted by Gasteiger charge is -2.18. The van der Waals surface area contributed by atoms with Gasteiger partial charge in [-0.15, -0.1) is 0 Å². The van der Waals surface area contributed by atoms with E-state index in [1.54, 1.807) is 26.0 Å². The zero-order chi connectivity index (χ0) is 20.0. The Morgan fingerprint density at radius 1 is 1.04 bits per heavy atom. The molecule has 0 spiro atoms. The van der Waals surface area contributed by atoms with E-state index >= 15 is 0 Å². The van der Waals surface area contributed by atoms with Crippen molar-refractivity contribution >= 4 is 21.6 Å². The number of halogens is 2. The van der Waals surface area contributed by atoms with E-state index in [-0.39, 0.29) is 17.0 Å². The molecule has 2 aromatic rings. The number of amides is 1. The molecule has 1 amide bonds. The molecule has 0 aliphatic rings. The molecule has 146 valence electrons. The highest BCUT2D eigenvalue weighted by Crippen LogP contribution is 2.18. The number of carbonyl (C=O) groups excluding carboxylic acids is 1. The molecule has 1 N–H and O–H groups in total. The van der Waals surface area contributed by atoms with Crippen molar-refractivity contribution in [2.24, 2.45) is 0 Å². The molecule has 0 radical (unpaired) electrons. The summed E-state index contributed by atoms with van der Waals surface area (Å²) in [6.45, 7) is 4.33. The van der Waals surface area contributed by atoms with Crippen molar-refractivity contribution in [1.82, 2.24) is 4.31 Å². The first-order valence-corrected chi connectivity index (χ1v) is 10.1. The Kier molecular flexibility index (Phi) is 7.04. The van der Waals surface area contributed by atoms with Crippen LogP contribution in [-0.2, 0) is 21.2 Å². The van der Waals surface area contributed by atoms with Crippen LogP contribution in [0.1, 0.15) is 25.8 Å². The van der Waals surface area contributed by atoms with Gasteiger partial charge in [0, 0.05) is 25.6 Å². The SMILES string of the molecule is CCN(CC)S(=O)(=O)c1ccc(CCC(=O)Nc2ccc(F)cc2F)cc1. The Bertz CT molecular complexity index is 896. The highest BCUT2D eigenvalue weighted by atomic mass is 32.2. The molecule has 0 atom stereocenters. The molecule has 0 fully saturated rings. The summed E-state index contributed by atoms with van der Waals surface area (Å²) >= 11 is 0. The Labute approximate surface area is 158 Å². The van der Waals surface area contributed by atoms with Crippen molar-refractivity contribution in [3.8, 4) is 0 Å². The predicted molar refractivity (Wildman–Crippen MR) is 99.9 cm³/mol. The molecular weight excluding hydrogens is 374 g/mol. The third-order valence-electron chi connectivity index (χ3n) is 4.11. The lowest BCUT2D eigenvalue weighted by Crippen LogP contribution is -2.30. The second-order valence-corrected chi connectivity index (χ2v) is 7.84. The number of benzene rings is 2. The van der Waals surface area contributed by atoms with Crippen LogP contribution in [0.5, 0.6) is 0 Å². The Hall–Kier alpha value is -2.32. The summed E-state index contributed by atoms with van der Waals surface area (Å²) < 4.78 is 52.6. The van der Waals surface area contributed by atoms with Crippen molar-refractivity contribution in [2.45, 2.75) is 31.6 Å². The lowest BCUT2D eigenvalue weighted by atomic mass is 10.1. The van der Waals surface area contributed by atoms with Crippen molar-refractivity contribution < 1.29 is 22.0 Å². The van der Waals surface area contributed by atoms with Gasteiger partial charge in [0.25, 0.3) is 0 Å². The van der Waals surface area contributed by atoms with Crippen LogP contribution >= 0.6 is 0 Å². The van der Waals surface area contributed by atoms with Crippen LogP contribution in [0.15, 0.2) is 47.4 Å². The van der Waals surface area contributed by atoms with E-state index in [4.69, 9.17) is 0 Å². The average Bonchev–Trinajstić information content (AvgIpc) is 2.63. The molecule has 0 aliphatic heterocycles. The van der Waals surface area contributed by atoms with Gasteiger partial charge < -0.3 is 5.32 Å². The van der Waals surface area contributed by atoms with Gasteiger partial charge in [-0.3, -0.25) is 4.79 Å². The smallest absolute Gasteiger partial charge is 0.243 e. The Balaban J connectivity index is 1.97. The predicted octanol–water partition coefficient (Wildman–Crippen LogP) is 3.57. The second-order valence-electron chi connectivity index (χ2n) is 5.91. The van der Waals surface area contributed by atoms with Gasteiger partial charge in [0.15, 0.2) is 0 Å². The molecule has 0 unspecified atom stereocenters. The molecular formula is C19H22F2N2O3S. The summed E-state index contributed by atoms with van der Waals surface area (Å²) in [7, 11) is -3.52. The van der Waals surface area contributed by atoms with Gasteiger partial charge in [0.2, 0.25) is 15.9 Å². The van der Waals surface area contributed by atoms with Gasteiger partial charge in [-0.05, 0) is 36.2 Å². The maximum absolute atomic E-state index is 13.5. The van der Waals surface area contributed by atoms with Gasteiger partial charge in [0.05, 0.1) is 10.6 Å². The summed E-state index contributed by atoms with van der Waals surface area (Å²) in [5.74, 6) is -1.97. The maximum atomic E-state index is 13.5. The molecule has 8 heteroatoms. The van der Waals surface area contributed by atoms with E-state index in [0.29, 0.717) is 25.6 Å². The number of aryl methyl sites for hydroxylation is 1. The van der Waals surface area contributed by atoms with Gasteiger partial charge in [-0.1, -0.05) is 26.0 Å². The molecule has 2 aromatic carbocycles. The zero-order valence-corrected chi connectivity index (χ0v) is 16.0.